The molecule has 0 bridgehead atoms. The Morgan fingerprint density at radius 3 is 2.39 bits per heavy atom. The van der Waals surface area contributed by atoms with Gasteiger partial charge in [-0.05, 0) is 18.2 Å². The number of hydrogen-bond donors (Lipinski definition) is 1. The van der Waals surface area contributed by atoms with Gasteiger partial charge in [0.2, 0.25) is 11.5 Å². The van der Waals surface area contributed by atoms with E-state index < -0.39 is 11.9 Å². The van der Waals surface area contributed by atoms with Gasteiger partial charge in [0.25, 0.3) is 5.91 Å². The lowest BCUT2D eigenvalue weighted by Gasteiger charge is -2.35. The van der Waals surface area contributed by atoms with Gasteiger partial charge in [-0.25, -0.2) is 0 Å². The van der Waals surface area contributed by atoms with Crippen LogP contribution >= 0.6 is 23.2 Å². The lowest BCUT2D eigenvalue weighted by molar-refractivity contribution is -0.300. The Morgan fingerprint density at radius 1 is 1.16 bits per heavy atom. The van der Waals surface area contributed by atoms with Gasteiger partial charge < -0.3 is 20.0 Å². The number of methoxy groups -OCH3 is 1. The number of carboxylic acid groups (broad SMARTS) is 1. The maximum atomic E-state index is 12.9. The van der Waals surface area contributed by atoms with Crippen LogP contribution in [-0.4, -0.2) is 31.6 Å². The Hall–Kier alpha value is -2.87. The third kappa shape index (κ3) is 4.30. The Morgan fingerprint density at radius 2 is 1.84 bits per heavy atom. The molecule has 162 valence electrons. The van der Waals surface area contributed by atoms with Crippen molar-refractivity contribution < 1.29 is 19.4 Å². The van der Waals surface area contributed by atoms with Gasteiger partial charge in [-0.2, -0.15) is 4.48 Å². The molecule has 0 aromatic heterocycles. The standard InChI is InChI=1S/C22H21Cl2N3O4/c1-13(2)12-27(15-7-5-4-6-8-15)18(21(29)30)19(26-22(27)31-3)25-20(28)16-10-9-14(23)11-17(16)24/h4-11,13H,12H2,1-3H3,(H-,25,28,29,30). The molecule has 0 saturated carbocycles. The number of para-hydroxylation sites is 1. The van der Waals surface area contributed by atoms with E-state index in [2.05, 4.69) is 10.3 Å². The van der Waals surface area contributed by atoms with E-state index in [9.17, 15) is 14.7 Å². The number of quaternary nitrogens is 1. The lowest BCUT2D eigenvalue weighted by Crippen LogP contribution is -2.58. The van der Waals surface area contributed by atoms with Crippen LogP contribution in [0.1, 0.15) is 24.2 Å². The number of carbonyl (C=O) groups is 2. The highest BCUT2D eigenvalue weighted by atomic mass is 35.5. The van der Waals surface area contributed by atoms with Crippen molar-refractivity contribution in [3.8, 4) is 0 Å². The van der Waals surface area contributed by atoms with E-state index in [1.165, 1.54) is 25.3 Å². The van der Waals surface area contributed by atoms with Crippen LogP contribution in [0.4, 0.5) is 5.69 Å². The minimum absolute atomic E-state index is 0.0515. The Balaban J connectivity index is 2.17. The van der Waals surface area contributed by atoms with E-state index in [1.54, 1.807) is 24.3 Å². The summed E-state index contributed by atoms with van der Waals surface area (Å²) in [5.74, 6) is -2.22. The molecule has 0 radical (unpaired) electrons. The van der Waals surface area contributed by atoms with Crippen molar-refractivity contribution in [1.29, 1.82) is 0 Å². The highest BCUT2D eigenvalue weighted by molar-refractivity contribution is 6.36. The van der Waals surface area contributed by atoms with Crippen molar-refractivity contribution in [3.05, 3.63) is 75.7 Å². The normalized spacial score (nSPS) is 18.2. The van der Waals surface area contributed by atoms with E-state index >= 15 is 0 Å². The number of hydrogen-bond acceptors (Lipinski definition) is 5. The summed E-state index contributed by atoms with van der Waals surface area (Å²) < 4.78 is 5.18. The van der Waals surface area contributed by atoms with Crippen molar-refractivity contribution in [2.24, 2.45) is 10.9 Å². The van der Waals surface area contributed by atoms with Crippen LogP contribution in [0.3, 0.4) is 0 Å². The first-order chi connectivity index (χ1) is 14.7. The fourth-order valence-corrected chi connectivity index (χ4v) is 4.14. The molecule has 1 aliphatic heterocycles. The second-order valence-electron chi connectivity index (χ2n) is 7.38. The zero-order chi connectivity index (χ0) is 22.8. The van der Waals surface area contributed by atoms with Crippen LogP contribution in [0.2, 0.25) is 10.0 Å². The first-order valence-electron chi connectivity index (χ1n) is 9.50. The largest absolute Gasteiger partial charge is 0.540 e. The van der Waals surface area contributed by atoms with Crippen LogP contribution in [0, 0.1) is 5.92 Å². The number of aliphatic imine (C=N–C) groups is 1. The number of benzene rings is 2. The summed E-state index contributed by atoms with van der Waals surface area (Å²) in [6.45, 7) is 4.22. The molecule has 1 amide bonds. The average Bonchev–Trinajstić information content (AvgIpc) is 3.01. The van der Waals surface area contributed by atoms with Crippen LogP contribution in [0.5, 0.6) is 0 Å². The van der Waals surface area contributed by atoms with Gasteiger partial charge in [0.05, 0.1) is 24.2 Å². The highest BCUT2D eigenvalue weighted by Crippen LogP contribution is 2.37. The molecule has 1 heterocycles. The molecule has 1 N–H and O–H groups in total. The summed E-state index contributed by atoms with van der Waals surface area (Å²) in [6.07, 6.45) is 0. The second kappa shape index (κ2) is 9.09. The van der Waals surface area contributed by atoms with Gasteiger partial charge >= 0.3 is 6.02 Å². The first kappa shape index (κ1) is 22.8. The molecule has 1 aliphatic rings. The van der Waals surface area contributed by atoms with Crippen molar-refractivity contribution in [2.75, 3.05) is 13.7 Å². The quantitative estimate of drug-likeness (QED) is 0.667. The summed E-state index contributed by atoms with van der Waals surface area (Å²) in [6, 6.07) is 13.5. The molecular formula is C22H21Cl2N3O4. The molecule has 0 aliphatic carbocycles. The molecular weight excluding hydrogens is 441 g/mol. The molecule has 1 unspecified atom stereocenters. The summed E-state index contributed by atoms with van der Waals surface area (Å²) in [4.78, 5) is 29.6. The van der Waals surface area contributed by atoms with Gasteiger partial charge in [-0.15, -0.1) is 4.99 Å². The van der Waals surface area contributed by atoms with Crippen molar-refractivity contribution >= 4 is 46.8 Å². The Labute approximate surface area is 190 Å². The molecule has 1 atom stereocenters. The van der Waals surface area contributed by atoms with Gasteiger partial charge in [0.1, 0.15) is 11.7 Å². The number of rotatable bonds is 6. The molecule has 3 rings (SSSR count). The lowest BCUT2D eigenvalue weighted by atomic mass is 10.1. The average molecular weight is 462 g/mol. The minimum atomic E-state index is -1.47. The maximum Gasteiger partial charge on any atom is 0.411 e. The zero-order valence-corrected chi connectivity index (χ0v) is 18.7. The van der Waals surface area contributed by atoms with E-state index in [-0.39, 0.29) is 38.5 Å². The molecule has 2 aromatic rings. The Bertz CT molecular complexity index is 1080. The van der Waals surface area contributed by atoms with E-state index in [4.69, 9.17) is 27.9 Å². The van der Waals surface area contributed by atoms with E-state index in [0.29, 0.717) is 17.3 Å². The van der Waals surface area contributed by atoms with Gasteiger partial charge in [-0.3, -0.25) is 4.79 Å². The van der Waals surface area contributed by atoms with Gasteiger partial charge in [0, 0.05) is 23.1 Å². The molecule has 0 fully saturated rings. The second-order valence-corrected chi connectivity index (χ2v) is 8.23. The number of amides is 1. The van der Waals surface area contributed by atoms with Crippen LogP contribution in [-0.2, 0) is 9.53 Å². The number of carbonyl (C=O) groups excluding carboxylic acids is 2. The molecule has 9 heteroatoms. The predicted octanol–water partition coefficient (Wildman–Crippen LogP) is 3.32. The number of aliphatic carboxylic acids is 1. The van der Waals surface area contributed by atoms with E-state index in [1.807, 2.05) is 19.9 Å². The molecule has 7 nitrogen and oxygen atoms in total. The molecule has 31 heavy (non-hydrogen) atoms. The number of nitrogens with zero attached hydrogens (tertiary/aromatic N) is 2. The fraction of sp³-hybridized carbons (Fsp3) is 0.227. The molecule has 2 aromatic carbocycles. The minimum Gasteiger partial charge on any atom is -0.540 e. The van der Waals surface area contributed by atoms with E-state index in [0.717, 1.165) is 0 Å². The van der Waals surface area contributed by atoms with Gasteiger partial charge in [0.15, 0.2) is 0 Å². The topological polar surface area (TPSA) is 90.8 Å². The van der Waals surface area contributed by atoms with Crippen molar-refractivity contribution in [2.45, 2.75) is 13.8 Å². The van der Waals surface area contributed by atoms with Crippen molar-refractivity contribution in [1.82, 2.24) is 9.80 Å². The summed E-state index contributed by atoms with van der Waals surface area (Å²) in [5.41, 5.74) is 0.513. The third-order valence-electron chi connectivity index (χ3n) is 4.76. The maximum absolute atomic E-state index is 12.9. The number of carboxylic acids is 1. The summed E-state index contributed by atoms with van der Waals surface area (Å²) in [7, 11) is 1.41. The third-order valence-corrected chi connectivity index (χ3v) is 5.31. The summed E-state index contributed by atoms with van der Waals surface area (Å²) >= 11 is 12.0. The molecule has 0 saturated heterocycles. The van der Waals surface area contributed by atoms with Crippen molar-refractivity contribution in [3.63, 3.8) is 0 Å². The highest BCUT2D eigenvalue weighted by Gasteiger charge is 2.51. The Kier molecular flexibility index (Phi) is 6.69. The number of ether oxygens (including phenoxy) is 1. The number of amidine groups is 1. The SMILES string of the molecule is COC1=NC(NC(=O)c2ccc(Cl)cc2Cl)=C(C(=O)[O-])[N+]1(CC(C)C)c1ccccc1. The zero-order valence-electron chi connectivity index (χ0n) is 17.2. The van der Waals surface area contributed by atoms with Crippen LogP contribution < -0.4 is 14.9 Å². The number of halogens is 2. The molecule has 0 spiro atoms. The van der Waals surface area contributed by atoms with Crippen LogP contribution in [0.15, 0.2) is 65.0 Å². The number of nitrogens with one attached hydrogen (secondary N) is 1. The summed E-state index contributed by atoms with van der Waals surface area (Å²) in [5, 5.41) is 15.4. The van der Waals surface area contributed by atoms with Gasteiger partial charge in [-0.1, -0.05) is 55.2 Å². The monoisotopic (exact) mass is 461 g/mol. The predicted molar refractivity (Wildman–Crippen MR) is 118 cm³/mol. The van der Waals surface area contributed by atoms with Crippen LogP contribution in [0.25, 0.3) is 0 Å². The first-order valence-corrected chi connectivity index (χ1v) is 10.3. The smallest absolute Gasteiger partial charge is 0.411 e. The fourth-order valence-electron chi connectivity index (χ4n) is 3.64.